The molecule has 0 atom stereocenters. The van der Waals surface area contributed by atoms with Crippen molar-refractivity contribution < 1.29 is 9.26 Å². The molecule has 1 fully saturated rings. The molecule has 1 saturated heterocycles. The number of benzene rings is 1. The van der Waals surface area contributed by atoms with Gasteiger partial charge in [-0.3, -0.25) is 0 Å². The normalized spacial score (nSPS) is 14.7. The van der Waals surface area contributed by atoms with Crippen LogP contribution < -0.4 is 15.0 Å². The van der Waals surface area contributed by atoms with Crippen LogP contribution in [0.15, 0.2) is 33.8 Å². The standard InChI is InChI=1S/C18H26N6O2.HI/c1-4-19-18(20-13-17-21-14(2)22-26-17)24-11-9-23(10-12-24)15-5-7-16(25-3)8-6-15;/h5-8H,4,9-13H2,1-3H3,(H,19,20);1H. The first-order chi connectivity index (χ1) is 12.7. The molecule has 0 unspecified atom stereocenters. The number of nitrogens with one attached hydrogen (secondary N) is 1. The van der Waals surface area contributed by atoms with Gasteiger partial charge in [-0.1, -0.05) is 5.16 Å². The average molecular weight is 486 g/mol. The lowest BCUT2D eigenvalue weighted by molar-refractivity contribution is 0.363. The van der Waals surface area contributed by atoms with Gasteiger partial charge in [-0.15, -0.1) is 24.0 Å². The number of halogens is 1. The average Bonchev–Trinajstić information content (AvgIpc) is 3.10. The number of piperazine rings is 1. The van der Waals surface area contributed by atoms with E-state index in [0.717, 1.165) is 44.4 Å². The molecule has 0 bridgehead atoms. The second kappa shape index (κ2) is 10.3. The second-order valence-electron chi connectivity index (χ2n) is 6.08. The highest BCUT2D eigenvalue weighted by atomic mass is 127. The first-order valence-electron chi connectivity index (χ1n) is 8.91. The van der Waals surface area contributed by atoms with Crippen LogP contribution in [0.4, 0.5) is 5.69 Å². The third-order valence-corrected chi connectivity index (χ3v) is 4.29. The Hall–Kier alpha value is -2.04. The molecule has 0 radical (unpaired) electrons. The molecule has 27 heavy (non-hydrogen) atoms. The Morgan fingerprint density at radius 1 is 1.22 bits per heavy atom. The van der Waals surface area contributed by atoms with Crippen LogP contribution in [-0.2, 0) is 6.54 Å². The van der Waals surface area contributed by atoms with Crippen LogP contribution in [0.2, 0.25) is 0 Å². The summed E-state index contributed by atoms with van der Waals surface area (Å²) in [5.74, 6) is 2.94. The number of aliphatic imine (C=N–C) groups is 1. The van der Waals surface area contributed by atoms with E-state index in [-0.39, 0.29) is 24.0 Å². The number of rotatable bonds is 5. The molecule has 0 amide bonds. The number of methoxy groups -OCH3 is 1. The van der Waals surface area contributed by atoms with Crippen molar-refractivity contribution in [1.29, 1.82) is 0 Å². The molecule has 2 aromatic rings. The molecule has 3 rings (SSSR count). The number of hydrogen-bond acceptors (Lipinski definition) is 6. The number of ether oxygens (including phenoxy) is 1. The Kier molecular flexibility index (Phi) is 8.14. The Morgan fingerprint density at radius 3 is 2.48 bits per heavy atom. The van der Waals surface area contributed by atoms with E-state index in [1.165, 1.54) is 5.69 Å². The van der Waals surface area contributed by atoms with Crippen molar-refractivity contribution in [2.75, 3.05) is 44.7 Å². The SMILES string of the molecule is CCNC(=NCc1nc(C)no1)N1CCN(c2ccc(OC)cc2)CC1.I. The van der Waals surface area contributed by atoms with Crippen molar-refractivity contribution >= 4 is 35.6 Å². The van der Waals surface area contributed by atoms with Crippen LogP contribution in [0.3, 0.4) is 0 Å². The van der Waals surface area contributed by atoms with E-state index >= 15 is 0 Å². The summed E-state index contributed by atoms with van der Waals surface area (Å²) in [7, 11) is 1.69. The summed E-state index contributed by atoms with van der Waals surface area (Å²) in [5, 5.41) is 7.15. The van der Waals surface area contributed by atoms with Gasteiger partial charge in [0.15, 0.2) is 11.8 Å². The molecule has 148 valence electrons. The highest BCUT2D eigenvalue weighted by molar-refractivity contribution is 14.0. The summed E-state index contributed by atoms with van der Waals surface area (Å²) >= 11 is 0. The Morgan fingerprint density at radius 2 is 1.93 bits per heavy atom. The Labute approximate surface area is 177 Å². The maximum Gasteiger partial charge on any atom is 0.248 e. The molecule has 0 saturated carbocycles. The fourth-order valence-corrected chi connectivity index (χ4v) is 2.94. The van der Waals surface area contributed by atoms with Crippen molar-refractivity contribution in [3.63, 3.8) is 0 Å². The molecular weight excluding hydrogens is 459 g/mol. The molecule has 1 aromatic heterocycles. The fourth-order valence-electron chi connectivity index (χ4n) is 2.94. The van der Waals surface area contributed by atoms with Gasteiger partial charge in [-0.25, -0.2) is 4.99 Å². The lowest BCUT2D eigenvalue weighted by Crippen LogP contribution is -2.52. The van der Waals surface area contributed by atoms with Gasteiger partial charge in [0.1, 0.15) is 12.3 Å². The molecule has 1 aliphatic rings. The van der Waals surface area contributed by atoms with Crippen molar-refractivity contribution in [2.24, 2.45) is 4.99 Å². The summed E-state index contributed by atoms with van der Waals surface area (Å²) in [6.45, 7) is 8.77. The van der Waals surface area contributed by atoms with Crippen molar-refractivity contribution in [3.05, 3.63) is 36.0 Å². The van der Waals surface area contributed by atoms with Crippen molar-refractivity contribution in [1.82, 2.24) is 20.4 Å². The minimum atomic E-state index is 0. The highest BCUT2D eigenvalue weighted by Crippen LogP contribution is 2.20. The number of guanidine groups is 1. The molecule has 9 heteroatoms. The van der Waals surface area contributed by atoms with Gasteiger partial charge >= 0.3 is 0 Å². The number of hydrogen-bond donors (Lipinski definition) is 1. The van der Waals surface area contributed by atoms with Gasteiger partial charge in [0.05, 0.1) is 7.11 Å². The molecule has 0 spiro atoms. The zero-order valence-electron chi connectivity index (χ0n) is 16.0. The largest absolute Gasteiger partial charge is 0.497 e. The van der Waals surface area contributed by atoms with E-state index in [0.29, 0.717) is 18.3 Å². The van der Waals surface area contributed by atoms with E-state index in [1.807, 2.05) is 12.1 Å². The predicted molar refractivity (Wildman–Crippen MR) is 116 cm³/mol. The van der Waals surface area contributed by atoms with Crippen LogP contribution in [0.25, 0.3) is 0 Å². The number of aryl methyl sites for hydroxylation is 1. The monoisotopic (exact) mass is 486 g/mol. The van der Waals surface area contributed by atoms with Crippen LogP contribution >= 0.6 is 24.0 Å². The predicted octanol–water partition coefficient (Wildman–Crippen LogP) is 2.29. The van der Waals surface area contributed by atoms with Gasteiger partial charge < -0.3 is 24.4 Å². The van der Waals surface area contributed by atoms with Gasteiger partial charge in [-0.05, 0) is 38.1 Å². The molecule has 1 N–H and O–H groups in total. The lowest BCUT2D eigenvalue weighted by atomic mass is 10.2. The fraction of sp³-hybridized carbons (Fsp3) is 0.500. The summed E-state index contributed by atoms with van der Waals surface area (Å²) in [6.07, 6.45) is 0. The van der Waals surface area contributed by atoms with Gasteiger partial charge in [0, 0.05) is 38.4 Å². The van der Waals surface area contributed by atoms with E-state index in [4.69, 9.17) is 9.26 Å². The third-order valence-electron chi connectivity index (χ3n) is 4.29. The maximum absolute atomic E-state index is 5.23. The Balaban J connectivity index is 0.00000261. The van der Waals surface area contributed by atoms with Gasteiger partial charge in [0.25, 0.3) is 0 Å². The van der Waals surface area contributed by atoms with E-state index < -0.39 is 0 Å². The minimum Gasteiger partial charge on any atom is -0.497 e. The van der Waals surface area contributed by atoms with E-state index in [1.54, 1.807) is 14.0 Å². The Bertz CT molecular complexity index is 726. The topological polar surface area (TPSA) is 79.0 Å². The van der Waals surface area contributed by atoms with E-state index in [2.05, 4.69) is 49.3 Å². The van der Waals surface area contributed by atoms with E-state index in [9.17, 15) is 0 Å². The number of anilines is 1. The minimum absolute atomic E-state index is 0. The third kappa shape index (κ3) is 5.72. The molecule has 8 nitrogen and oxygen atoms in total. The van der Waals surface area contributed by atoms with Crippen LogP contribution in [0.5, 0.6) is 5.75 Å². The highest BCUT2D eigenvalue weighted by Gasteiger charge is 2.20. The summed E-state index contributed by atoms with van der Waals surface area (Å²) in [4.78, 5) is 13.5. The maximum atomic E-state index is 5.23. The quantitative estimate of drug-likeness (QED) is 0.395. The van der Waals surface area contributed by atoms with Crippen LogP contribution in [-0.4, -0.2) is 60.8 Å². The number of nitrogens with zero attached hydrogens (tertiary/aromatic N) is 5. The second-order valence-corrected chi connectivity index (χ2v) is 6.08. The summed E-state index contributed by atoms with van der Waals surface area (Å²) in [5.41, 5.74) is 1.22. The number of aromatic nitrogens is 2. The molecule has 1 aromatic carbocycles. The summed E-state index contributed by atoms with van der Waals surface area (Å²) < 4.78 is 10.4. The lowest BCUT2D eigenvalue weighted by Gasteiger charge is -2.37. The zero-order valence-corrected chi connectivity index (χ0v) is 18.3. The smallest absolute Gasteiger partial charge is 0.248 e. The first-order valence-corrected chi connectivity index (χ1v) is 8.91. The molecule has 1 aliphatic heterocycles. The zero-order chi connectivity index (χ0) is 18.4. The van der Waals surface area contributed by atoms with Gasteiger partial charge in [0.2, 0.25) is 5.89 Å². The molecular formula is C18H27IN6O2. The van der Waals surface area contributed by atoms with Crippen LogP contribution in [0.1, 0.15) is 18.6 Å². The van der Waals surface area contributed by atoms with Gasteiger partial charge in [-0.2, -0.15) is 4.98 Å². The molecule has 2 heterocycles. The molecule has 0 aliphatic carbocycles. The van der Waals surface area contributed by atoms with Crippen LogP contribution in [0, 0.1) is 6.92 Å². The summed E-state index contributed by atoms with van der Waals surface area (Å²) in [6, 6.07) is 8.20. The van der Waals surface area contributed by atoms with Crippen molar-refractivity contribution in [3.8, 4) is 5.75 Å². The first kappa shape index (κ1) is 21.3. The van der Waals surface area contributed by atoms with Crippen molar-refractivity contribution in [2.45, 2.75) is 20.4 Å².